The molecule has 0 radical (unpaired) electrons. The van der Waals surface area contributed by atoms with Crippen molar-refractivity contribution in [2.75, 3.05) is 11.9 Å². The van der Waals surface area contributed by atoms with Crippen molar-refractivity contribution in [3.63, 3.8) is 0 Å². The molecule has 136 valence electrons. The Kier molecular flexibility index (Phi) is 4.60. The first kappa shape index (κ1) is 17.2. The van der Waals surface area contributed by atoms with Gasteiger partial charge in [-0.05, 0) is 61.0 Å². The van der Waals surface area contributed by atoms with Crippen molar-refractivity contribution in [2.45, 2.75) is 13.8 Å². The second-order valence-electron chi connectivity index (χ2n) is 6.18. The van der Waals surface area contributed by atoms with E-state index in [0.29, 0.717) is 17.3 Å². The lowest BCUT2D eigenvalue weighted by atomic mass is 10.2. The third kappa shape index (κ3) is 3.98. The van der Waals surface area contributed by atoms with E-state index < -0.39 is 0 Å². The van der Waals surface area contributed by atoms with Crippen LogP contribution in [-0.4, -0.2) is 22.7 Å². The number of hydrogen-bond donors (Lipinski definition) is 1. The monoisotopic (exact) mass is 379 g/mol. The Hall–Kier alpha value is -3.19. The van der Waals surface area contributed by atoms with Crippen molar-refractivity contribution in [1.82, 2.24) is 10.1 Å². The van der Waals surface area contributed by atoms with Crippen LogP contribution in [0.5, 0.6) is 5.88 Å². The van der Waals surface area contributed by atoms with E-state index in [2.05, 4.69) is 34.5 Å². The largest absolute Gasteiger partial charge is 0.465 e. The molecular formula is C20H17N3O3S. The molecule has 2 heterocycles. The molecule has 0 spiro atoms. The van der Waals surface area contributed by atoms with Gasteiger partial charge < -0.3 is 14.6 Å². The Bertz CT molecular complexity index is 1100. The van der Waals surface area contributed by atoms with Gasteiger partial charge in [0.15, 0.2) is 6.61 Å². The van der Waals surface area contributed by atoms with Gasteiger partial charge in [-0.15, -0.1) is 11.3 Å². The predicted octanol–water partition coefficient (Wildman–Crippen LogP) is 4.59. The number of benzene rings is 2. The number of aromatic nitrogens is 2. The van der Waals surface area contributed by atoms with Crippen LogP contribution in [0.4, 0.5) is 5.69 Å². The molecule has 2 aromatic heterocycles. The Morgan fingerprint density at radius 3 is 2.70 bits per heavy atom. The number of thiazole rings is 1. The van der Waals surface area contributed by atoms with Crippen LogP contribution < -0.4 is 10.1 Å². The maximum atomic E-state index is 12.0. The second-order valence-corrected chi connectivity index (χ2v) is 7.21. The number of amides is 1. The summed E-state index contributed by atoms with van der Waals surface area (Å²) in [6.45, 7) is 3.70. The van der Waals surface area contributed by atoms with Crippen molar-refractivity contribution in [1.29, 1.82) is 0 Å². The number of carbonyl (C=O) groups is 1. The Morgan fingerprint density at radius 2 is 1.96 bits per heavy atom. The number of carbonyl (C=O) groups excluding carboxylic acids is 1. The van der Waals surface area contributed by atoms with Gasteiger partial charge in [-0.1, -0.05) is 6.07 Å². The highest BCUT2D eigenvalue weighted by Gasteiger charge is 2.09. The zero-order chi connectivity index (χ0) is 18.8. The number of nitrogens with zero attached hydrogens (tertiary/aromatic N) is 2. The van der Waals surface area contributed by atoms with E-state index in [0.717, 1.165) is 16.1 Å². The molecule has 0 aliphatic heterocycles. The minimum absolute atomic E-state index is 0.134. The van der Waals surface area contributed by atoms with Crippen LogP contribution in [0.25, 0.3) is 20.8 Å². The summed E-state index contributed by atoms with van der Waals surface area (Å²) in [4.78, 5) is 16.7. The molecule has 0 saturated carbocycles. The molecule has 1 N–H and O–H groups in total. The first-order chi connectivity index (χ1) is 13.1. The summed E-state index contributed by atoms with van der Waals surface area (Å²) in [5, 5.41) is 7.43. The highest BCUT2D eigenvalue weighted by atomic mass is 32.1. The number of nitrogens with one attached hydrogen (secondary N) is 1. The molecule has 7 heteroatoms. The summed E-state index contributed by atoms with van der Waals surface area (Å²) in [6, 6.07) is 15.5. The quantitative estimate of drug-likeness (QED) is 0.549. The van der Waals surface area contributed by atoms with Gasteiger partial charge in [-0.25, -0.2) is 4.98 Å². The summed E-state index contributed by atoms with van der Waals surface area (Å²) < 4.78 is 11.3. The number of fused-ring (bicyclic) bond motifs is 1. The normalized spacial score (nSPS) is 10.9. The molecule has 27 heavy (non-hydrogen) atoms. The first-order valence-electron chi connectivity index (χ1n) is 8.40. The van der Waals surface area contributed by atoms with Crippen LogP contribution in [0.1, 0.15) is 11.3 Å². The Labute approximate surface area is 159 Å². The maximum Gasteiger partial charge on any atom is 0.262 e. The molecule has 1 amide bonds. The SMILES string of the molecule is Cc1ccc2nc(-c3ccc(NC(=O)COc4cc(C)on4)cc3)sc2c1. The zero-order valence-corrected chi connectivity index (χ0v) is 15.7. The van der Waals surface area contributed by atoms with Gasteiger partial charge in [-0.3, -0.25) is 4.79 Å². The molecule has 4 rings (SSSR count). The molecule has 0 unspecified atom stereocenters. The molecule has 0 aliphatic carbocycles. The van der Waals surface area contributed by atoms with Gasteiger partial charge in [0, 0.05) is 17.3 Å². The average molecular weight is 379 g/mol. The molecule has 0 bridgehead atoms. The van der Waals surface area contributed by atoms with E-state index in [4.69, 9.17) is 9.26 Å². The number of rotatable bonds is 5. The van der Waals surface area contributed by atoms with Crippen LogP contribution in [0.15, 0.2) is 53.1 Å². The second kappa shape index (κ2) is 7.20. The smallest absolute Gasteiger partial charge is 0.262 e. The van der Waals surface area contributed by atoms with E-state index in [1.54, 1.807) is 24.3 Å². The minimum atomic E-state index is -0.265. The number of ether oxygens (including phenoxy) is 1. The van der Waals surface area contributed by atoms with Gasteiger partial charge in [0.1, 0.15) is 10.8 Å². The standard InChI is InChI=1S/C20H17N3O3S/c1-12-3-8-16-17(9-12)27-20(22-16)14-4-6-15(7-5-14)21-18(24)11-25-19-10-13(2)26-23-19/h3-10H,11H2,1-2H3,(H,21,24). The fraction of sp³-hybridized carbons (Fsp3) is 0.150. The zero-order valence-electron chi connectivity index (χ0n) is 14.9. The van der Waals surface area contributed by atoms with E-state index in [-0.39, 0.29) is 12.5 Å². The predicted molar refractivity (Wildman–Crippen MR) is 105 cm³/mol. The summed E-state index contributed by atoms with van der Waals surface area (Å²) in [6.07, 6.45) is 0. The van der Waals surface area contributed by atoms with Crippen LogP contribution in [0, 0.1) is 13.8 Å². The van der Waals surface area contributed by atoms with Crippen molar-refractivity contribution >= 4 is 33.1 Å². The molecule has 6 nitrogen and oxygen atoms in total. The molecule has 0 atom stereocenters. The lowest BCUT2D eigenvalue weighted by molar-refractivity contribution is -0.118. The molecule has 0 aliphatic rings. The summed E-state index contributed by atoms with van der Waals surface area (Å²) in [5.74, 6) is 0.661. The third-order valence-electron chi connectivity index (χ3n) is 3.92. The van der Waals surface area contributed by atoms with Crippen molar-refractivity contribution < 1.29 is 14.1 Å². The lowest BCUT2D eigenvalue weighted by Gasteiger charge is -2.06. The van der Waals surface area contributed by atoms with E-state index in [9.17, 15) is 4.79 Å². The van der Waals surface area contributed by atoms with Gasteiger partial charge >= 0.3 is 0 Å². The minimum Gasteiger partial charge on any atom is -0.465 e. The highest BCUT2D eigenvalue weighted by molar-refractivity contribution is 7.21. The number of hydrogen-bond acceptors (Lipinski definition) is 6. The highest BCUT2D eigenvalue weighted by Crippen LogP contribution is 2.31. The summed E-state index contributed by atoms with van der Waals surface area (Å²) >= 11 is 1.66. The number of aryl methyl sites for hydroxylation is 2. The van der Waals surface area contributed by atoms with E-state index >= 15 is 0 Å². The summed E-state index contributed by atoms with van der Waals surface area (Å²) in [5.41, 5.74) is 3.93. The fourth-order valence-corrected chi connectivity index (χ4v) is 3.67. The van der Waals surface area contributed by atoms with E-state index in [1.165, 1.54) is 10.3 Å². The molecule has 0 fully saturated rings. The summed E-state index contributed by atoms with van der Waals surface area (Å²) in [7, 11) is 0. The third-order valence-corrected chi connectivity index (χ3v) is 4.98. The molecule has 4 aromatic rings. The number of anilines is 1. The van der Waals surface area contributed by atoms with Gasteiger partial charge in [0.2, 0.25) is 0 Å². The van der Waals surface area contributed by atoms with Gasteiger partial charge in [-0.2, -0.15) is 0 Å². The average Bonchev–Trinajstić information content (AvgIpc) is 3.26. The van der Waals surface area contributed by atoms with E-state index in [1.807, 2.05) is 30.3 Å². The fourth-order valence-electron chi connectivity index (χ4n) is 2.60. The topological polar surface area (TPSA) is 77.2 Å². The lowest BCUT2D eigenvalue weighted by Crippen LogP contribution is -2.20. The van der Waals surface area contributed by atoms with Crippen LogP contribution in [0.3, 0.4) is 0 Å². The van der Waals surface area contributed by atoms with Crippen LogP contribution in [-0.2, 0) is 4.79 Å². The molecule has 2 aromatic carbocycles. The molecular weight excluding hydrogens is 362 g/mol. The van der Waals surface area contributed by atoms with Gasteiger partial charge in [0.25, 0.3) is 11.8 Å². The van der Waals surface area contributed by atoms with Crippen molar-refractivity contribution in [3.8, 4) is 16.5 Å². The van der Waals surface area contributed by atoms with Crippen molar-refractivity contribution in [2.24, 2.45) is 0 Å². The van der Waals surface area contributed by atoms with Crippen molar-refractivity contribution in [3.05, 3.63) is 59.9 Å². The maximum absolute atomic E-state index is 12.0. The van der Waals surface area contributed by atoms with Crippen LogP contribution >= 0.6 is 11.3 Å². The van der Waals surface area contributed by atoms with Crippen LogP contribution in [0.2, 0.25) is 0 Å². The molecule has 0 saturated heterocycles. The Balaban J connectivity index is 1.41. The van der Waals surface area contributed by atoms with Gasteiger partial charge in [0.05, 0.1) is 10.2 Å². The Morgan fingerprint density at radius 1 is 1.15 bits per heavy atom. The first-order valence-corrected chi connectivity index (χ1v) is 9.22.